The largest absolute Gasteiger partial charge is 0.493 e. The van der Waals surface area contributed by atoms with Crippen LogP contribution in [0.2, 0.25) is 0 Å². The monoisotopic (exact) mass is 172 g/mol. The van der Waals surface area contributed by atoms with Crippen LogP contribution in [-0.2, 0) is 0 Å². The fourth-order valence-corrected chi connectivity index (χ4v) is 0.871. The molecule has 0 saturated heterocycles. The average molecular weight is 172 g/mol. The van der Waals surface area contributed by atoms with Crippen molar-refractivity contribution in [1.29, 1.82) is 0 Å². The first-order valence-electron chi connectivity index (χ1n) is 3.19. The van der Waals surface area contributed by atoms with Crippen LogP contribution in [0.5, 0.6) is 5.75 Å². The predicted molar refractivity (Wildman–Crippen MR) is 38.4 cm³/mol. The molecular weight excluding hydrogens is 166 g/mol. The lowest BCUT2D eigenvalue weighted by Gasteiger charge is -2.03. The molecule has 0 spiro atoms. The Hall–Kier alpha value is -1.45. The van der Waals surface area contributed by atoms with Crippen LogP contribution in [0.3, 0.4) is 0 Å². The number of benzene rings is 1. The van der Waals surface area contributed by atoms with Gasteiger partial charge in [0.1, 0.15) is 0 Å². The summed E-state index contributed by atoms with van der Waals surface area (Å²) in [5, 5.41) is 0. The highest BCUT2D eigenvalue weighted by molar-refractivity contribution is 5.91. The van der Waals surface area contributed by atoms with Crippen LogP contribution in [0.1, 0.15) is 10.4 Å². The maximum atomic E-state index is 12.8. The van der Waals surface area contributed by atoms with E-state index in [0.717, 1.165) is 12.1 Å². The van der Waals surface area contributed by atoms with Gasteiger partial charge in [-0.1, -0.05) is 6.07 Å². The van der Waals surface area contributed by atoms with Gasteiger partial charge >= 0.3 is 6.04 Å². The molecule has 12 heavy (non-hydrogen) atoms. The van der Waals surface area contributed by atoms with Crippen molar-refractivity contribution in [1.82, 2.24) is 0 Å². The Bertz CT molecular complexity index is 310. The minimum atomic E-state index is -1.70. The van der Waals surface area contributed by atoms with Gasteiger partial charge in [-0.2, -0.15) is 4.39 Å². The van der Waals surface area contributed by atoms with Gasteiger partial charge in [-0.25, -0.2) is 4.39 Å². The third-order valence-electron chi connectivity index (χ3n) is 1.38. The molecule has 0 saturated carbocycles. The number of para-hydroxylation sites is 1. The van der Waals surface area contributed by atoms with Crippen LogP contribution < -0.4 is 4.74 Å². The Morgan fingerprint density at radius 1 is 1.50 bits per heavy atom. The summed E-state index contributed by atoms with van der Waals surface area (Å²) in [7, 11) is 1.17. The van der Waals surface area contributed by atoms with E-state index in [1.165, 1.54) is 13.2 Å². The van der Waals surface area contributed by atoms with Crippen molar-refractivity contribution in [2.75, 3.05) is 7.11 Å². The van der Waals surface area contributed by atoms with Crippen molar-refractivity contribution in [2.24, 2.45) is 0 Å². The quantitative estimate of drug-likeness (QED) is 0.637. The Morgan fingerprint density at radius 3 is 2.58 bits per heavy atom. The molecule has 0 amide bonds. The van der Waals surface area contributed by atoms with Crippen molar-refractivity contribution in [2.45, 2.75) is 0 Å². The number of ether oxygens (including phenoxy) is 1. The van der Waals surface area contributed by atoms with E-state index in [0.29, 0.717) is 0 Å². The zero-order valence-electron chi connectivity index (χ0n) is 6.30. The average Bonchev–Trinajstić information content (AvgIpc) is 2.03. The first-order valence-corrected chi connectivity index (χ1v) is 3.19. The zero-order valence-corrected chi connectivity index (χ0v) is 6.30. The number of carbonyl (C=O) groups excluding carboxylic acids is 1. The van der Waals surface area contributed by atoms with Crippen LogP contribution in [0.25, 0.3) is 0 Å². The van der Waals surface area contributed by atoms with Gasteiger partial charge in [-0.3, -0.25) is 4.79 Å². The molecule has 0 radical (unpaired) electrons. The molecule has 0 unspecified atom stereocenters. The van der Waals surface area contributed by atoms with Gasteiger partial charge in [-0.05, 0) is 12.1 Å². The Labute approximate surface area is 67.8 Å². The Morgan fingerprint density at radius 2 is 2.17 bits per heavy atom. The summed E-state index contributed by atoms with van der Waals surface area (Å²) in [6.45, 7) is 0. The lowest BCUT2D eigenvalue weighted by Crippen LogP contribution is -1.98. The third kappa shape index (κ3) is 1.42. The highest BCUT2D eigenvalue weighted by Gasteiger charge is 2.14. The van der Waals surface area contributed by atoms with E-state index in [9.17, 15) is 13.6 Å². The van der Waals surface area contributed by atoms with E-state index in [1.54, 1.807) is 0 Å². The van der Waals surface area contributed by atoms with Crippen LogP contribution in [0, 0.1) is 5.82 Å². The minimum absolute atomic E-state index is 0.356. The lowest BCUT2D eigenvalue weighted by molar-refractivity contribution is 0.0831. The minimum Gasteiger partial charge on any atom is -0.493 e. The lowest BCUT2D eigenvalue weighted by atomic mass is 10.2. The highest BCUT2D eigenvalue weighted by atomic mass is 19.1. The number of carbonyl (C=O) groups is 1. The van der Waals surface area contributed by atoms with Gasteiger partial charge in [0.05, 0.1) is 12.7 Å². The topological polar surface area (TPSA) is 26.3 Å². The van der Waals surface area contributed by atoms with Gasteiger partial charge in [0.2, 0.25) is 0 Å². The molecule has 1 aromatic carbocycles. The summed E-state index contributed by atoms with van der Waals surface area (Å²) in [5.74, 6) is -1.11. The van der Waals surface area contributed by atoms with E-state index >= 15 is 0 Å². The first-order chi connectivity index (χ1) is 5.66. The van der Waals surface area contributed by atoms with E-state index in [2.05, 4.69) is 4.74 Å². The van der Waals surface area contributed by atoms with Crippen molar-refractivity contribution in [3.05, 3.63) is 29.6 Å². The second kappa shape index (κ2) is 3.30. The zero-order chi connectivity index (χ0) is 9.14. The fraction of sp³-hybridized carbons (Fsp3) is 0.125. The molecule has 4 heteroatoms. The number of methoxy groups -OCH3 is 1. The molecule has 0 aliphatic rings. The maximum Gasteiger partial charge on any atom is 0.335 e. The fourth-order valence-electron chi connectivity index (χ4n) is 0.871. The molecule has 0 aliphatic heterocycles. The van der Waals surface area contributed by atoms with Gasteiger partial charge in [0.15, 0.2) is 11.6 Å². The molecule has 0 aliphatic carbocycles. The molecule has 64 valence electrons. The summed E-state index contributed by atoms with van der Waals surface area (Å²) in [5.41, 5.74) is -0.391. The number of halogens is 2. The predicted octanol–water partition coefficient (Wildman–Crippen LogP) is 1.94. The van der Waals surface area contributed by atoms with Crippen LogP contribution >= 0.6 is 0 Å². The number of hydrogen-bond acceptors (Lipinski definition) is 2. The van der Waals surface area contributed by atoms with E-state index in [-0.39, 0.29) is 5.75 Å². The second-order valence-corrected chi connectivity index (χ2v) is 2.09. The maximum absolute atomic E-state index is 12.8. The highest BCUT2D eigenvalue weighted by Crippen LogP contribution is 2.22. The smallest absolute Gasteiger partial charge is 0.335 e. The number of hydrogen-bond donors (Lipinski definition) is 0. The third-order valence-corrected chi connectivity index (χ3v) is 1.38. The molecule has 0 atom stereocenters. The first kappa shape index (κ1) is 8.64. The van der Waals surface area contributed by atoms with Gasteiger partial charge in [-0.15, -0.1) is 0 Å². The summed E-state index contributed by atoms with van der Waals surface area (Å²) in [6, 6.07) is 1.78. The molecule has 2 nitrogen and oxygen atoms in total. The van der Waals surface area contributed by atoms with Crippen molar-refractivity contribution < 1.29 is 18.3 Å². The van der Waals surface area contributed by atoms with E-state index in [4.69, 9.17) is 0 Å². The van der Waals surface area contributed by atoms with Crippen LogP contribution in [0.4, 0.5) is 8.78 Å². The molecule has 0 heterocycles. The van der Waals surface area contributed by atoms with E-state index < -0.39 is 17.4 Å². The molecule has 0 aromatic heterocycles. The Balaban J connectivity index is 3.27. The molecule has 0 bridgehead atoms. The van der Waals surface area contributed by atoms with Crippen molar-refractivity contribution in [3.63, 3.8) is 0 Å². The van der Waals surface area contributed by atoms with Crippen LogP contribution in [-0.4, -0.2) is 13.1 Å². The van der Waals surface area contributed by atoms with Crippen molar-refractivity contribution >= 4 is 6.04 Å². The molecule has 1 rings (SSSR count). The Kier molecular flexibility index (Phi) is 2.38. The standard InChI is InChI=1S/C8H6F2O2/c1-12-7-5(8(10)11)3-2-4-6(7)9/h2-4H,1H3. The molecular formula is C8H6F2O2. The second-order valence-electron chi connectivity index (χ2n) is 2.09. The summed E-state index contributed by atoms with van der Waals surface area (Å²) in [6.07, 6.45) is 0. The molecule has 1 aromatic rings. The molecule has 0 N–H and O–H groups in total. The van der Waals surface area contributed by atoms with Crippen molar-refractivity contribution in [3.8, 4) is 5.75 Å². The molecule has 0 fully saturated rings. The summed E-state index contributed by atoms with van der Waals surface area (Å²) < 4.78 is 29.4. The number of rotatable bonds is 2. The van der Waals surface area contributed by atoms with E-state index in [1.807, 2.05) is 0 Å². The van der Waals surface area contributed by atoms with Gasteiger partial charge in [0, 0.05) is 0 Å². The van der Waals surface area contributed by atoms with Gasteiger partial charge in [0.25, 0.3) is 0 Å². The normalized spacial score (nSPS) is 9.58. The summed E-state index contributed by atoms with van der Waals surface area (Å²) >= 11 is 0. The summed E-state index contributed by atoms with van der Waals surface area (Å²) in [4.78, 5) is 10.3. The SMILES string of the molecule is COc1c(F)cccc1C(=O)F. The van der Waals surface area contributed by atoms with Crippen LogP contribution in [0.15, 0.2) is 18.2 Å². The van der Waals surface area contributed by atoms with Gasteiger partial charge < -0.3 is 4.74 Å².